The van der Waals surface area contributed by atoms with E-state index in [1.165, 1.54) is 0 Å². The zero-order chi connectivity index (χ0) is 21.8. The van der Waals surface area contributed by atoms with Crippen molar-refractivity contribution in [3.63, 3.8) is 0 Å². The summed E-state index contributed by atoms with van der Waals surface area (Å²) in [6, 6.07) is 11.3. The number of rotatable bonds is 7. The molecule has 1 N–H and O–H groups in total. The minimum atomic E-state index is -0.00700. The van der Waals surface area contributed by atoms with Gasteiger partial charge in [-0.05, 0) is 36.2 Å². The third kappa shape index (κ3) is 5.68. The monoisotopic (exact) mass is 459 g/mol. The van der Waals surface area contributed by atoms with Gasteiger partial charge in [-0.3, -0.25) is 4.79 Å². The van der Waals surface area contributed by atoms with Crippen LogP contribution in [0, 0.1) is 0 Å². The van der Waals surface area contributed by atoms with Crippen LogP contribution >= 0.6 is 23.2 Å². The van der Waals surface area contributed by atoms with Crippen LogP contribution in [0.3, 0.4) is 0 Å². The van der Waals surface area contributed by atoms with E-state index in [9.17, 15) is 4.79 Å². The van der Waals surface area contributed by atoms with Gasteiger partial charge in [0.1, 0.15) is 18.2 Å². The molecule has 4 rings (SSSR count). The summed E-state index contributed by atoms with van der Waals surface area (Å²) in [4.78, 5) is 22.5. The zero-order valence-electron chi connectivity index (χ0n) is 17.1. The molecule has 1 saturated heterocycles. The molecule has 0 bridgehead atoms. The van der Waals surface area contributed by atoms with Crippen molar-refractivity contribution in [1.29, 1.82) is 0 Å². The summed E-state index contributed by atoms with van der Waals surface area (Å²) in [5.74, 6) is 2.13. The minimum absolute atomic E-state index is 0.00700. The molecule has 3 aromatic rings. The molecule has 1 amide bonds. The topological polar surface area (TPSA) is 72.3 Å². The average Bonchev–Trinajstić information content (AvgIpc) is 3.35. The van der Waals surface area contributed by atoms with Gasteiger partial charge in [-0.1, -0.05) is 29.3 Å². The standard InChI is InChI=1S/C22H23Cl2N5O2/c1-15(30)26-19-5-7-28(13-19)20-3-2-4-22(27-20)31-14-21-25-6-8-29(21)12-16-9-17(23)11-18(24)10-16/h2-4,6,8-11,19H,5,7,12-14H2,1H3,(H,26,30). The first-order chi connectivity index (χ1) is 15.0. The van der Waals surface area contributed by atoms with Crippen LogP contribution < -0.4 is 15.0 Å². The Morgan fingerprint density at radius 2 is 2.06 bits per heavy atom. The third-order valence-electron chi connectivity index (χ3n) is 5.05. The van der Waals surface area contributed by atoms with Crippen LogP contribution in [0.2, 0.25) is 10.0 Å². The van der Waals surface area contributed by atoms with Crippen LogP contribution in [-0.2, 0) is 17.9 Å². The number of nitrogens with zero attached hydrogens (tertiary/aromatic N) is 4. The number of anilines is 1. The van der Waals surface area contributed by atoms with Gasteiger partial charge in [0.05, 0.1) is 0 Å². The van der Waals surface area contributed by atoms with E-state index in [1.54, 1.807) is 19.2 Å². The Balaban J connectivity index is 1.39. The van der Waals surface area contributed by atoms with Crippen molar-refractivity contribution in [3.8, 4) is 5.88 Å². The predicted molar refractivity (Wildman–Crippen MR) is 121 cm³/mol. The van der Waals surface area contributed by atoms with Crippen molar-refractivity contribution in [2.24, 2.45) is 0 Å². The highest BCUT2D eigenvalue weighted by molar-refractivity contribution is 6.34. The van der Waals surface area contributed by atoms with Crippen molar-refractivity contribution in [3.05, 3.63) is 70.2 Å². The number of hydrogen-bond donors (Lipinski definition) is 1. The van der Waals surface area contributed by atoms with Gasteiger partial charge in [0.2, 0.25) is 11.8 Å². The van der Waals surface area contributed by atoms with Gasteiger partial charge in [-0.2, -0.15) is 4.98 Å². The molecule has 1 aliphatic rings. The lowest BCUT2D eigenvalue weighted by atomic mass is 10.2. The molecule has 1 aliphatic heterocycles. The summed E-state index contributed by atoms with van der Waals surface area (Å²) >= 11 is 12.2. The number of imidazole rings is 1. The van der Waals surface area contributed by atoms with E-state index >= 15 is 0 Å². The second-order valence-corrected chi connectivity index (χ2v) is 8.38. The van der Waals surface area contributed by atoms with Gasteiger partial charge in [-0.15, -0.1) is 0 Å². The van der Waals surface area contributed by atoms with E-state index in [-0.39, 0.29) is 18.6 Å². The fourth-order valence-electron chi connectivity index (χ4n) is 3.70. The molecule has 7 nitrogen and oxygen atoms in total. The Morgan fingerprint density at radius 3 is 2.84 bits per heavy atom. The number of nitrogens with one attached hydrogen (secondary N) is 1. The van der Waals surface area contributed by atoms with E-state index < -0.39 is 0 Å². The molecule has 0 spiro atoms. The number of halogens is 2. The maximum atomic E-state index is 11.3. The van der Waals surface area contributed by atoms with E-state index in [0.717, 1.165) is 36.7 Å². The summed E-state index contributed by atoms with van der Waals surface area (Å²) in [5, 5.41) is 4.17. The van der Waals surface area contributed by atoms with E-state index in [4.69, 9.17) is 27.9 Å². The number of aromatic nitrogens is 3. The van der Waals surface area contributed by atoms with Gasteiger partial charge in [0.25, 0.3) is 0 Å². The Bertz CT molecular complexity index is 1050. The van der Waals surface area contributed by atoms with Crippen LogP contribution in [0.15, 0.2) is 48.8 Å². The molecule has 1 unspecified atom stereocenters. The Morgan fingerprint density at radius 1 is 1.26 bits per heavy atom. The molecule has 31 heavy (non-hydrogen) atoms. The van der Waals surface area contributed by atoms with Gasteiger partial charge in [0.15, 0.2) is 0 Å². The highest BCUT2D eigenvalue weighted by Crippen LogP contribution is 2.22. The van der Waals surface area contributed by atoms with Crippen molar-refractivity contribution < 1.29 is 9.53 Å². The smallest absolute Gasteiger partial charge is 0.217 e. The largest absolute Gasteiger partial charge is 0.469 e. The number of amides is 1. The Hall–Kier alpha value is -2.77. The number of carbonyl (C=O) groups is 1. The highest BCUT2D eigenvalue weighted by Gasteiger charge is 2.24. The van der Waals surface area contributed by atoms with Crippen LogP contribution in [-0.4, -0.2) is 39.6 Å². The summed E-state index contributed by atoms with van der Waals surface area (Å²) in [6.07, 6.45) is 4.53. The molecule has 162 valence electrons. The molecule has 2 aromatic heterocycles. The molecule has 1 fully saturated rings. The number of benzene rings is 1. The van der Waals surface area contributed by atoms with Crippen molar-refractivity contribution in [2.45, 2.75) is 32.5 Å². The first-order valence-corrected chi connectivity index (χ1v) is 10.8. The van der Waals surface area contributed by atoms with Gasteiger partial charge >= 0.3 is 0 Å². The number of carbonyl (C=O) groups excluding carboxylic acids is 1. The zero-order valence-corrected chi connectivity index (χ0v) is 18.6. The van der Waals surface area contributed by atoms with Crippen LogP contribution in [0.5, 0.6) is 5.88 Å². The van der Waals surface area contributed by atoms with Crippen LogP contribution in [0.1, 0.15) is 24.7 Å². The molecule has 0 saturated carbocycles. The molecular formula is C22H23Cl2N5O2. The maximum Gasteiger partial charge on any atom is 0.217 e. The Kier molecular flexibility index (Phi) is 6.63. The molecule has 0 aliphatic carbocycles. The molecular weight excluding hydrogens is 437 g/mol. The molecule has 1 aromatic carbocycles. The van der Waals surface area contributed by atoms with Crippen molar-refractivity contribution in [2.75, 3.05) is 18.0 Å². The third-order valence-corrected chi connectivity index (χ3v) is 5.49. The van der Waals surface area contributed by atoms with Crippen LogP contribution in [0.4, 0.5) is 5.82 Å². The fourth-order valence-corrected chi connectivity index (χ4v) is 4.27. The summed E-state index contributed by atoms with van der Waals surface area (Å²) < 4.78 is 7.92. The first kappa shape index (κ1) is 21.5. The number of hydrogen-bond acceptors (Lipinski definition) is 5. The van der Waals surface area contributed by atoms with E-state index in [0.29, 0.717) is 22.5 Å². The minimum Gasteiger partial charge on any atom is -0.469 e. The molecule has 9 heteroatoms. The number of ether oxygens (including phenoxy) is 1. The lowest BCUT2D eigenvalue weighted by Crippen LogP contribution is -2.35. The van der Waals surface area contributed by atoms with Gasteiger partial charge in [0, 0.05) is 61.1 Å². The molecule has 3 heterocycles. The summed E-state index contributed by atoms with van der Waals surface area (Å²) in [5.41, 5.74) is 0.986. The predicted octanol–water partition coefficient (Wildman–Crippen LogP) is 3.93. The normalized spacial score (nSPS) is 15.8. The van der Waals surface area contributed by atoms with Crippen LogP contribution in [0.25, 0.3) is 0 Å². The molecule has 1 atom stereocenters. The first-order valence-electron chi connectivity index (χ1n) is 10.0. The lowest BCUT2D eigenvalue weighted by Gasteiger charge is -2.18. The van der Waals surface area contributed by atoms with Gasteiger partial charge in [-0.25, -0.2) is 4.98 Å². The lowest BCUT2D eigenvalue weighted by molar-refractivity contribution is -0.119. The average molecular weight is 460 g/mol. The summed E-state index contributed by atoms with van der Waals surface area (Å²) in [7, 11) is 0. The summed E-state index contributed by atoms with van der Waals surface area (Å²) in [6.45, 7) is 3.99. The van der Waals surface area contributed by atoms with Crippen molar-refractivity contribution >= 4 is 34.9 Å². The number of pyridine rings is 1. The Labute approximate surface area is 191 Å². The SMILES string of the molecule is CC(=O)NC1CCN(c2cccc(OCc3nccn3Cc3cc(Cl)cc(Cl)c3)n2)C1. The van der Waals surface area contributed by atoms with E-state index in [1.807, 2.05) is 41.1 Å². The van der Waals surface area contributed by atoms with Crippen molar-refractivity contribution in [1.82, 2.24) is 19.9 Å². The second kappa shape index (κ2) is 9.58. The second-order valence-electron chi connectivity index (χ2n) is 7.50. The quantitative estimate of drug-likeness (QED) is 0.579. The molecule has 0 radical (unpaired) electrons. The maximum absolute atomic E-state index is 11.3. The van der Waals surface area contributed by atoms with Gasteiger partial charge < -0.3 is 19.5 Å². The fraction of sp³-hybridized carbons (Fsp3) is 0.318. The highest BCUT2D eigenvalue weighted by atomic mass is 35.5. The van der Waals surface area contributed by atoms with E-state index in [2.05, 4.69) is 20.2 Å².